The second kappa shape index (κ2) is 9.85. The molecule has 10 nitrogen and oxygen atoms in total. The number of rotatable bonds is 6. The lowest BCUT2D eigenvalue weighted by Gasteiger charge is -2.37. The molecule has 0 radical (unpaired) electrons. The van der Waals surface area contributed by atoms with Gasteiger partial charge in [0.1, 0.15) is 22.1 Å². The summed E-state index contributed by atoms with van der Waals surface area (Å²) in [6.07, 6.45) is 1.37. The highest BCUT2D eigenvalue weighted by Gasteiger charge is 2.61. The Hall–Kier alpha value is -4.18. The van der Waals surface area contributed by atoms with Crippen molar-refractivity contribution in [3.8, 4) is 17.2 Å². The van der Waals surface area contributed by atoms with Crippen molar-refractivity contribution >= 4 is 39.8 Å². The highest BCUT2D eigenvalue weighted by Crippen LogP contribution is 2.54. The number of nitrogens with zero attached hydrogens (tertiary/aromatic N) is 3. The van der Waals surface area contributed by atoms with Crippen molar-refractivity contribution < 1.29 is 28.9 Å². The molecule has 39 heavy (non-hydrogen) atoms. The normalized spacial score (nSPS) is 20.9. The molecular weight excluding hydrogens is 526 g/mol. The molecule has 202 valence electrons. The predicted octanol–water partition coefficient (Wildman–Crippen LogP) is 3.96. The van der Waals surface area contributed by atoms with Crippen LogP contribution in [0.5, 0.6) is 17.2 Å². The van der Waals surface area contributed by atoms with Crippen molar-refractivity contribution in [3.05, 3.63) is 68.9 Å². The first-order valence-corrected chi connectivity index (χ1v) is 12.6. The second-order valence-electron chi connectivity index (χ2n) is 9.45. The molecule has 1 aliphatic heterocycles. The number of aromatic nitrogens is 2. The van der Waals surface area contributed by atoms with E-state index in [9.17, 15) is 19.5 Å². The lowest BCUT2D eigenvalue weighted by Crippen LogP contribution is -2.53. The van der Waals surface area contributed by atoms with Crippen LogP contribution in [0.15, 0.2) is 57.8 Å². The number of halogens is 1. The summed E-state index contributed by atoms with van der Waals surface area (Å²) >= 11 is 6.47. The number of methoxy groups -OCH3 is 2. The maximum Gasteiger partial charge on any atom is 0.261 e. The van der Waals surface area contributed by atoms with E-state index in [-0.39, 0.29) is 70.0 Å². The van der Waals surface area contributed by atoms with Crippen LogP contribution in [0.3, 0.4) is 0 Å². The number of hydrogen-bond acceptors (Lipinski definition) is 9. The number of aliphatic hydroxyl groups excluding tert-OH is 1. The zero-order chi connectivity index (χ0) is 28.1. The molecule has 2 atom stereocenters. The third-order valence-corrected chi connectivity index (χ3v) is 7.61. The average Bonchev–Trinajstić information content (AvgIpc) is 3.24. The molecule has 0 saturated heterocycles. The maximum atomic E-state index is 13.8. The van der Waals surface area contributed by atoms with Gasteiger partial charge in [-0.15, -0.1) is 0 Å². The van der Waals surface area contributed by atoms with E-state index in [0.29, 0.717) is 10.9 Å². The molecule has 1 N–H and O–H groups in total. The number of ether oxygens (including phenoxy) is 3. The molecule has 11 heteroatoms. The topological polar surface area (TPSA) is 129 Å². The molecule has 0 unspecified atom stereocenters. The first kappa shape index (κ1) is 26.4. The summed E-state index contributed by atoms with van der Waals surface area (Å²) in [5, 5.41) is 12.0. The Balaban J connectivity index is 1.51. The van der Waals surface area contributed by atoms with Crippen LogP contribution in [0.4, 0.5) is 0 Å². The Morgan fingerprint density at radius 1 is 1.23 bits per heavy atom. The van der Waals surface area contributed by atoms with Gasteiger partial charge in [0.05, 0.1) is 43.6 Å². The molecule has 0 fully saturated rings. The summed E-state index contributed by atoms with van der Waals surface area (Å²) in [5.41, 5.74) is -1.31. The summed E-state index contributed by atoms with van der Waals surface area (Å²) in [5.74, 6) is -1.77. The van der Waals surface area contributed by atoms with Crippen LogP contribution < -0.4 is 19.8 Å². The van der Waals surface area contributed by atoms with Gasteiger partial charge in [-0.25, -0.2) is 4.98 Å². The molecule has 5 rings (SSSR count). The average molecular weight is 552 g/mol. The van der Waals surface area contributed by atoms with Crippen LogP contribution in [-0.4, -0.2) is 58.3 Å². The van der Waals surface area contributed by atoms with E-state index < -0.39 is 23.1 Å². The lowest BCUT2D eigenvalue weighted by molar-refractivity contribution is -0.118. The van der Waals surface area contributed by atoms with Crippen LogP contribution in [0.1, 0.15) is 30.6 Å². The number of ketones is 2. The van der Waals surface area contributed by atoms with Gasteiger partial charge >= 0.3 is 0 Å². The van der Waals surface area contributed by atoms with Gasteiger partial charge in [0.15, 0.2) is 17.3 Å². The molecule has 3 aromatic rings. The summed E-state index contributed by atoms with van der Waals surface area (Å²) in [6.45, 7) is 3.55. The maximum absolute atomic E-state index is 13.8. The van der Waals surface area contributed by atoms with E-state index in [0.717, 1.165) is 0 Å². The summed E-state index contributed by atoms with van der Waals surface area (Å²) < 4.78 is 18.3. The van der Waals surface area contributed by atoms with Gasteiger partial charge in [0, 0.05) is 30.7 Å². The number of hydrogen-bond donors (Lipinski definition) is 1. The number of carbonyl (C=O) groups is 2. The molecule has 2 aliphatic rings. The number of benzene rings is 2. The van der Waals surface area contributed by atoms with Crippen molar-refractivity contribution in [2.24, 2.45) is 10.9 Å². The van der Waals surface area contributed by atoms with E-state index in [1.54, 1.807) is 38.1 Å². The lowest BCUT2D eigenvalue weighted by atomic mass is 9.72. The van der Waals surface area contributed by atoms with Crippen molar-refractivity contribution in [2.45, 2.75) is 32.4 Å². The quantitative estimate of drug-likeness (QED) is 0.456. The molecule has 0 amide bonds. The van der Waals surface area contributed by atoms with E-state index in [4.69, 9.17) is 25.8 Å². The van der Waals surface area contributed by atoms with Crippen LogP contribution in [-0.2, 0) is 11.3 Å². The number of Topliss-reactive ketones (excluding diaryl/α,β-unsaturated/α-hetero) is 2. The summed E-state index contributed by atoms with van der Waals surface area (Å²) in [6, 6.07) is 8.50. The molecule has 1 aromatic heterocycles. The number of aliphatic hydroxyl groups is 1. The van der Waals surface area contributed by atoms with Gasteiger partial charge in [-0.2, -0.15) is 0 Å². The summed E-state index contributed by atoms with van der Waals surface area (Å²) in [7, 11) is 2.81. The summed E-state index contributed by atoms with van der Waals surface area (Å²) in [4.78, 5) is 48.5. The van der Waals surface area contributed by atoms with E-state index in [2.05, 4.69) is 9.98 Å². The number of carbonyl (C=O) groups excluding carboxylic acids is 2. The third-order valence-electron chi connectivity index (χ3n) is 7.25. The van der Waals surface area contributed by atoms with Crippen molar-refractivity contribution in [1.29, 1.82) is 0 Å². The molecule has 1 aliphatic carbocycles. The number of aliphatic imine (C=N–C) groups is 1. The van der Waals surface area contributed by atoms with Crippen molar-refractivity contribution in [3.63, 3.8) is 0 Å². The molecule has 2 heterocycles. The Morgan fingerprint density at radius 2 is 1.95 bits per heavy atom. The number of fused-ring (bicyclic) bond motifs is 2. The fraction of sp³-hybridized carbons (Fsp3) is 0.321. The van der Waals surface area contributed by atoms with Crippen LogP contribution in [0, 0.1) is 5.92 Å². The minimum absolute atomic E-state index is 0.0164. The van der Waals surface area contributed by atoms with E-state index >= 15 is 0 Å². The Kier molecular flexibility index (Phi) is 6.67. The minimum atomic E-state index is -1.88. The van der Waals surface area contributed by atoms with Crippen LogP contribution in [0.25, 0.3) is 10.9 Å². The van der Waals surface area contributed by atoms with Crippen LogP contribution >= 0.6 is 11.6 Å². The Morgan fingerprint density at radius 3 is 2.67 bits per heavy atom. The zero-order valence-corrected chi connectivity index (χ0v) is 22.5. The highest BCUT2D eigenvalue weighted by atomic mass is 35.5. The van der Waals surface area contributed by atoms with Gasteiger partial charge in [0.25, 0.3) is 5.56 Å². The van der Waals surface area contributed by atoms with Gasteiger partial charge in [-0.1, -0.05) is 30.7 Å². The molecule has 2 aromatic carbocycles. The smallest absolute Gasteiger partial charge is 0.261 e. The zero-order valence-electron chi connectivity index (χ0n) is 21.8. The van der Waals surface area contributed by atoms with E-state index in [1.165, 1.54) is 31.2 Å². The second-order valence-corrected chi connectivity index (χ2v) is 9.82. The third kappa shape index (κ3) is 3.97. The highest BCUT2D eigenvalue weighted by molar-refractivity contribution is 6.35. The standard InChI is InChI=1S/C28H26ClN3O7/c1-14-11-18(33)21(15(2)30-9-10-32-13-31-17-8-6-5-7-16(17)27(32)36)25(34)28(14)26(35)22-19(37-3)12-20(38-4)23(29)24(22)39-28/h5-8,12-14,34H,9-11H2,1-4H3/t14-,28+/m1/s1. The van der Waals surface area contributed by atoms with Crippen LogP contribution in [0.2, 0.25) is 5.02 Å². The fourth-order valence-corrected chi connectivity index (χ4v) is 5.46. The minimum Gasteiger partial charge on any atom is -0.507 e. The molecule has 0 bridgehead atoms. The Bertz CT molecular complexity index is 1660. The molecule has 1 spiro atoms. The van der Waals surface area contributed by atoms with Gasteiger partial charge < -0.3 is 19.3 Å². The first-order chi connectivity index (χ1) is 18.6. The van der Waals surface area contributed by atoms with Crippen molar-refractivity contribution in [2.75, 3.05) is 20.8 Å². The number of allylic oxidation sites excluding steroid dienone is 1. The van der Waals surface area contributed by atoms with Gasteiger partial charge in [0.2, 0.25) is 11.4 Å². The number of para-hydroxylation sites is 1. The van der Waals surface area contributed by atoms with Gasteiger partial charge in [-0.3, -0.25) is 23.9 Å². The largest absolute Gasteiger partial charge is 0.507 e. The van der Waals surface area contributed by atoms with Gasteiger partial charge in [-0.05, 0) is 19.1 Å². The predicted molar refractivity (Wildman–Crippen MR) is 145 cm³/mol. The monoisotopic (exact) mass is 551 g/mol. The fourth-order valence-electron chi connectivity index (χ4n) is 5.20. The van der Waals surface area contributed by atoms with E-state index in [1.807, 2.05) is 0 Å². The Labute approximate surface area is 228 Å². The first-order valence-electron chi connectivity index (χ1n) is 12.3. The SMILES string of the molecule is COc1cc(OC)c2c(c1Cl)O[C@]1(C2=O)C(O)=C(C(C)=NCCn2cnc3ccccc3c2=O)C(=O)C[C@H]1C. The van der Waals surface area contributed by atoms with Crippen molar-refractivity contribution in [1.82, 2.24) is 9.55 Å². The molecular formula is C28H26ClN3O7. The molecule has 0 saturated carbocycles.